The molecule has 0 aromatic heterocycles. The van der Waals surface area contributed by atoms with E-state index < -0.39 is 18.2 Å². The van der Waals surface area contributed by atoms with E-state index in [9.17, 15) is 9.59 Å². The number of carbonyl (C=O) groups excluding carboxylic acids is 2. The Bertz CT molecular complexity index is 176. The van der Waals surface area contributed by atoms with E-state index in [0.29, 0.717) is 0 Å². The zero-order valence-corrected chi connectivity index (χ0v) is 6.03. The van der Waals surface area contributed by atoms with Gasteiger partial charge in [0, 0.05) is 6.92 Å². The highest BCUT2D eigenvalue weighted by Gasteiger charge is 2.24. The summed E-state index contributed by atoms with van der Waals surface area (Å²) in [5.74, 6) is -0.848. The van der Waals surface area contributed by atoms with Gasteiger partial charge in [-0.05, 0) is 0 Å². The van der Waals surface area contributed by atoms with Crippen molar-refractivity contribution in [2.24, 2.45) is 0 Å². The van der Waals surface area contributed by atoms with E-state index in [1.807, 2.05) is 0 Å². The average molecular weight is 160 g/mol. The molecular formula is C6H8O5. The van der Waals surface area contributed by atoms with E-state index in [-0.39, 0.29) is 13.2 Å². The quantitative estimate of drug-likeness (QED) is 0.507. The third kappa shape index (κ3) is 2.55. The summed E-state index contributed by atoms with van der Waals surface area (Å²) in [7, 11) is 0. The van der Waals surface area contributed by atoms with Crippen molar-refractivity contribution >= 4 is 11.9 Å². The molecule has 1 aliphatic rings. The van der Waals surface area contributed by atoms with Gasteiger partial charge in [0.05, 0.1) is 0 Å². The van der Waals surface area contributed by atoms with Crippen molar-refractivity contribution < 1.29 is 23.8 Å². The molecular weight excluding hydrogens is 152 g/mol. The predicted molar refractivity (Wildman–Crippen MR) is 32.5 cm³/mol. The molecule has 1 rings (SSSR count). The summed E-state index contributed by atoms with van der Waals surface area (Å²) in [6, 6.07) is 0. The van der Waals surface area contributed by atoms with Crippen LogP contribution < -0.4 is 0 Å². The molecule has 1 heterocycles. The molecule has 0 saturated carbocycles. The molecule has 11 heavy (non-hydrogen) atoms. The zero-order valence-electron chi connectivity index (χ0n) is 6.03. The molecule has 0 unspecified atom stereocenters. The van der Waals surface area contributed by atoms with E-state index in [1.165, 1.54) is 6.92 Å². The summed E-state index contributed by atoms with van der Waals surface area (Å²) in [5.41, 5.74) is 0. The standard InChI is InChI=1S/C6H8O5/c1-4(7)9-3-6-10-2-5(8)11-6/h6H,2-3H2,1H3/t6-/m1/s1. The SMILES string of the molecule is CC(=O)OC[C@@H]1OCC(=O)O1. The fourth-order valence-corrected chi connectivity index (χ4v) is 0.643. The number of ether oxygens (including phenoxy) is 3. The first kappa shape index (κ1) is 8.00. The van der Waals surface area contributed by atoms with Crippen LogP contribution in [0.25, 0.3) is 0 Å². The van der Waals surface area contributed by atoms with Crippen LogP contribution in [-0.4, -0.2) is 31.4 Å². The Hall–Kier alpha value is -1.10. The van der Waals surface area contributed by atoms with Gasteiger partial charge in [0.1, 0.15) is 6.61 Å². The van der Waals surface area contributed by atoms with Crippen LogP contribution in [0, 0.1) is 0 Å². The molecule has 0 aromatic rings. The van der Waals surface area contributed by atoms with E-state index in [2.05, 4.69) is 9.47 Å². The number of rotatable bonds is 2. The second-order valence-electron chi connectivity index (χ2n) is 2.03. The largest absolute Gasteiger partial charge is 0.459 e. The first-order chi connectivity index (χ1) is 5.18. The molecule has 1 fully saturated rings. The van der Waals surface area contributed by atoms with Crippen LogP contribution in [0.2, 0.25) is 0 Å². The lowest BCUT2D eigenvalue weighted by Crippen LogP contribution is -2.18. The summed E-state index contributed by atoms with van der Waals surface area (Å²) >= 11 is 0. The molecule has 0 bridgehead atoms. The maximum atomic E-state index is 10.4. The van der Waals surface area contributed by atoms with Crippen LogP contribution >= 0.6 is 0 Å². The average Bonchev–Trinajstić information content (AvgIpc) is 2.31. The van der Waals surface area contributed by atoms with Gasteiger partial charge in [0.25, 0.3) is 0 Å². The Balaban J connectivity index is 2.18. The van der Waals surface area contributed by atoms with Crippen molar-refractivity contribution in [2.75, 3.05) is 13.2 Å². The lowest BCUT2D eigenvalue weighted by atomic mass is 10.7. The fraction of sp³-hybridized carbons (Fsp3) is 0.667. The highest BCUT2D eigenvalue weighted by molar-refractivity contribution is 5.72. The molecule has 0 N–H and O–H groups in total. The maximum Gasteiger partial charge on any atom is 0.334 e. The van der Waals surface area contributed by atoms with Crippen molar-refractivity contribution in [3.63, 3.8) is 0 Å². The number of carbonyl (C=O) groups is 2. The maximum absolute atomic E-state index is 10.4. The molecule has 1 saturated heterocycles. The Labute approximate surface area is 63.2 Å². The number of cyclic esters (lactones) is 1. The van der Waals surface area contributed by atoms with Gasteiger partial charge in [0.15, 0.2) is 6.61 Å². The Kier molecular flexibility index (Phi) is 2.43. The normalized spacial score (nSPS) is 23.0. The van der Waals surface area contributed by atoms with E-state index in [4.69, 9.17) is 4.74 Å². The van der Waals surface area contributed by atoms with Gasteiger partial charge >= 0.3 is 11.9 Å². The van der Waals surface area contributed by atoms with Gasteiger partial charge in [0.2, 0.25) is 6.29 Å². The second kappa shape index (κ2) is 3.34. The minimum absolute atomic E-state index is 0.0267. The Morgan fingerprint density at radius 1 is 1.82 bits per heavy atom. The van der Waals surface area contributed by atoms with Crippen molar-refractivity contribution in [3.8, 4) is 0 Å². The van der Waals surface area contributed by atoms with E-state index in [0.717, 1.165) is 0 Å². The molecule has 5 nitrogen and oxygen atoms in total. The van der Waals surface area contributed by atoms with E-state index >= 15 is 0 Å². The molecule has 0 radical (unpaired) electrons. The lowest BCUT2D eigenvalue weighted by molar-refractivity contribution is -0.160. The van der Waals surface area contributed by atoms with E-state index in [1.54, 1.807) is 0 Å². The third-order valence-electron chi connectivity index (χ3n) is 1.07. The van der Waals surface area contributed by atoms with Gasteiger partial charge < -0.3 is 14.2 Å². The molecule has 1 aliphatic heterocycles. The summed E-state index contributed by atoms with van der Waals surface area (Å²) < 4.78 is 13.9. The lowest BCUT2D eigenvalue weighted by Gasteiger charge is -2.06. The third-order valence-corrected chi connectivity index (χ3v) is 1.07. The summed E-state index contributed by atoms with van der Waals surface area (Å²) in [6.45, 7) is 1.18. The van der Waals surface area contributed by atoms with Crippen LogP contribution in [0.1, 0.15) is 6.92 Å². The van der Waals surface area contributed by atoms with Crippen LogP contribution in [0.4, 0.5) is 0 Å². The van der Waals surface area contributed by atoms with Crippen molar-refractivity contribution in [3.05, 3.63) is 0 Å². The smallest absolute Gasteiger partial charge is 0.334 e. The Morgan fingerprint density at radius 2 is 2.55 bits per heavy atom. The molecule has 0 aromatic carbocycles. The van der Waals surface area contributed by atoms with Gasteiger partial charge in [-0.1, -0.05) is 0 Å². The summed E-state index contributed by atoms with van der Waals surface area (Å²) in [4.78, 5) is 20.7. The van der Waals surface area contributed by atoms with Gasteiger partial charge in [-0.15, -0.1) is 0 Å². The molecule has 0 amide bonds. The minimum atomic E-state index is -0.716. The van der Waals surface area contributed by atoms with Crippen LogP contribution in [0.15, 0.2) is 0 Å². The van der Waals surface area contributed by atoms with Gasteiger partial charge in [-0.3, -0.25) is 4.79 Å². The van der Waals surface area contributed by atoms with Crippen LogP contribution in [0.3, 0.4) is 0 Å². The van der Waals surface area contributed by atoms with Crippen LogP contribution in [-0.2, 0) is 23.8 Å². The highest BCUT2D eigenvalue weighted by Crippen LogP contribution is 2.04. The first-order valence-electron chi connectivity index (χ1n) is 3.13. The number of esters is 2. The Morgan fingerprint density at radius 3 is 3.00 bits per heavy atom. The molecule has 0 aliphatic carbocycles. The molecule has 62 valence electrons. The first-order valence-corrected chi connectivity index (χ1v) is 3.13. The molecule has 5 heteroatoms. The zero-order chi connectivity index (χ0) is 8.27. The van der Waals surface area contributed by atoms with Gasteiger partial charge in [-0.2, -0.15) is 0 Å². The monoisotopic (exact) mass is 160 g/mol. The second-order valence-corrected chi connectivity index (χ2v) is 2.03. The summed E-state index contributed by atoms with van der Waals surface area (Å²) in [6.07, 6.45) is -0.716. The summed E-state index contributed by atoms with van der Waals surface area (Å²) in [5, 5.41) is 0. The highest BCUT2D eigenvalue weighted by atomic mass is 16.8. The van der Waals surface area contributed by atoms with Crippen molar-refractivity contribution in [2.45, 2.75) is 13.2 Å². The predicted octanol–water partition coefficient (Wildman–Crippen LogP) is -0.551. The van der Waals surface area contributed by atoms with Crippen molar-refractivity contribution in [1.29, 1.82) is 0 Å². The van der Waals surface area contributed by atoms with Crippen molar-refractivity contribution in [1.82, 2.24) is 0 Å². The molecule has 1 atom stereocenters. The number of hydrogen-bond donors (Lipinski definition) is 0. The minimum Gasteiger partial charge on any atom is -0.459 e. The topological polar surface area (TPSA) is 61.8 Å². The molecule has 0 spiro atoms. The van der Waals surface area contributed by atoms with Gasteiger partial charge in [-0.25, -0.2) is 4.79 Å². The number of hydrogen-bond acceptors (Lipinski definition) is 5. The van der Waals surface area contributed by atoms with Crippen LogP contribution in [0.5, 0.6) is 0 Å². The fourth-order valence-electron chi connectivity index (χ4n) is 0.643.